The average molecular weight is 442 g/mol. The molecule has 5 rings (SSSR count). The van der Waals surface area contributed by atoms with Gasteiger partial charge in [-0.3, -0.25) is 4.79 Å². The van der Waals surface area contributed by atoms with Crippen LogP contribution in [-0.2, 0) is 23.8 Å². The molecule has 0 radical (unpaired) electrons. The zero-order chi connectivity index (χ0) is 22.9. The third-order valence-corrected chi connectivity index (χ3v) is 10.1. The van der Waals surface area contributed by atoms with Crippen LogP contribution in [0.15, 0.2) is 11.6 Å². The van der Waals surface area contributed by atoms with Crippen molar-refractivity contribution in [3.63, 3.8) is 0 Å². The summed E-state index contributed by atoms with van der Waals surface area (Å²) in [6.07, 6.45) is 10.1. The van der Waals surface area contributed by atoms with E-state index in [2.05, 4.69) is 26.0 Å². The third-order valence-electron chi connectivity index (χ3n) is 10.1. The molecule has 4 fully saturated rings. The Morgan fingerprint density at radius 2 is 1.94 bits per heavy atom. The maximum atomic E-state index is 12.7. The van der Waals surface area contributed by atoms with Crippen molar-refractivity contribution >= 4 is 11.9 Å². The van der Waals surface area contributed by atoms with E-state index < -0.39 is 17.2 Å². The molecular weight excluding hydrogens is 406 g/mol. The van der Waals surface area contributed by atoms with Crippen molar-refractivity contribution in [2.24, 2.45) is 28.6 Å². The Kier molecular flexibility index (Phi) is 4.84. The van der Waals surface area contributed by atoms with Crippen LogP contribution in [0.5, 0.6) is 0 Å². The van der Waals surface area contributed by atoms with E-state index >= 15 is 0 Å². The standard InChI is InChI=1S/C26H35NO5/c1-5-30-22(29)25(15-27)26(32-25)13-10-21-19-7-6-17-14-18(31-16(2)28)8-11-23(17,3)20(19)9-12-24(21,26)4/h6,18-21H,5,7-14H2,1-4H3/t18-,19+,20-,21+,23+,24+,25+,26-/m1/s1. The second-order valence-electron chi connectivity index (χ2n) is 11.2. The number of nitrogens with zero attached hydrogens (tertiary/aromatic N) is 1. The van der Waals surface area contributed by atoms with Gasteiger partial charge in [0.1, 0.15) is 17.8 Å². The number of rotatable bonds is 3. The Balaban J connectivity index is 1.41. The third kappa shape index (κ3) is 2.61. The van der Waals surface area contributed by atoms with Crippen LogP contribution in [0.25, 0.3) is 0 Å². The van der Waals surface area contributed by atoms with Crippen LogP contribution in [0.2, 0.25) is 0 Å². The molecule has 0 N–H and O–H groups in total. The monoisotopic (exact) mass is 441 g/mol. The summed E-state index contributed by atoms with van der Waals surface area (Å²) in [6, 6.07) is 2.22. The summed E-state index contributed by atoms with van der Waals surface area (Å²) in [6.45, 7) is 8.20. The van der Waals surface area contributed by atoms with Gasteiger partial charge in [-0.2, -0.15) is 5.26 Å². The molecule has 5 aliphatic rings. The highest BCUT2D eigenvalue weighted by atomic mass is 16.7. The Hall–Kier alpha value is -1.87. The van der Waals surface area contributed by atoms with Crippen LogP contribution in [0.1, 0.15) is 79.1 Å². The molecule has 0 aromatic rings. The zero-order valence-corrected chi connectivity index (χ0v) is 19.7. The number of hydrogen-bond acceptors (Lipinski definition) is 6. The summed E-state index contributed by atoms with van der Waals surface area (Å²) in [4.78, 5) is 24.2. The van der Waals surface area contributed by atoms with Crippen LogP contribution in [0, 0.1) is 39.9 Å². The number of ether oxygens (including phenoxy) is 3. The number of epoxide rings is 1. The lowest BCUT2D eigenvalue weighted by molar-refractivity contribution is -0.149. The van der Waals surface area contributed by atoms with Crippen molar-refractivity contribution in [2.75, 3.05) is 6.61 Å². The Morgan fingerprint density at radius 1 is 1.19 bits per heavy atom. The van der Waals surface area contributed by atoms with Gasteiger partial charge < -0.3 is 14.2 Å². The second-order valence-corrected chi connectivity index (χ2v) is 11.2. The van der Waals surface area contributed by atoms with Crippen molar-refractivity contribution in [1.29, 1.82) is 5.26 Å². The van der Waals surface area contributed by atoms with Gasteiger partial charge in [-0.15, -0.1) is 0 Å². The highest BCUT2D eigenvalue weighted by Gasteiger charge is 2.86. The summed E-state index contributed by atoms with van der Waals surface area (Å²) < 4.78 is 17.0. The summed E-state index contributed by atoms with van der Waals surface area (Å²) in [7, 11) is 0. The maximum absolute atomic E-state index is 12.7. The molecule has 8 atom stereocenters. The first-order valence-corrected chi connectivity index (χ1v) is 12.3. The molecule has 1 heterocycles. The van der Waals surface area contributed by atoms with Gasteiger partial charge in [-0.05, 0) is 75.0 Å². The van der Waals surface area contributed by atoms with Gasteiger partial charge >= 0.3 is 11.9 Å². The molecule has 6 nitrogen and oxygen atoms in total. The fourth-order valence-corrected chi connectivity index (χ4v) is 8.54. The number of hydrogen-bond donors (Lipinski definition) is 0. The maximum Gasteiger partial charge on any atom is 0.356 e. The molecule has 6 heteroatoms. The number of nitriles is 1. The minimum absolute atomic E-state index is 0.00710. The predicted molar refractivity (Wildman–Crippen MR) is 116 cm³/mol. The lowest BCUT2D eigenvalue weighted by Crippen LogP contribution is -2.53. The smallest absolute Gasteiger partial charge is 0.356 e. The van der Waals surface area contributed by atoms with Crippen molar-refractivity contribution < 1.29 is 23.8 Å². The normalized spacial score (nSPS) is 48.5. The van der Waals surface area contributed by atoms with Gasteiger partial charge in [0.15, 0.2) is 0 Å². The first-order chi connectivity index (χ1) is 15.2. The molecule has 0 bridgehead atoms. The van der Waals surface area contributed by atoms with Gasteiger partial charge in [-0.1, -0.05) is 25.5 Å². The summed E-state index contributed by atoms with van der Waals surface area (Å²) in [5.74, 6) is 0.867. The van der Waals surface area contributed by atoms with E-state index in [1.807, 2.05) is 0 Å². The number of allylic oxidation sites excluding steroid dienone is 1. The summed E-state index contributed by atoms with van der Waals surface area (Å²) >= 11 is 0. The lowest BCUT2D eigenvalue weighted by Gasteiger charge is -2.57. The van der Waals surface area contributed by atoms with Gasteiger partial charge in [0, 0.05) is 18.8 Å². The number of carbonyl (C=O) groups excluding carboxylic acids is 2. The number of esters is 2. The Morgan fingerprint density at radius 3 is 2.62 bits per heavy atom. The molecule has 0 amide bonds. The first-order valence-electron chi connectivity index (χ1n) is 12.3. The highest BCUT2D eigenvalue weighted by Crippen LogP contribution is 2.75. The van der Waals surface area contributed by atoms with Crippen molar-refractivity contribution in [3.05, 3.63) is 11.6 Å². The molecular formula is C26H35NO5. The minimum Gasteiger partial charge on any atom is -0.463 e. The van der Waals surface area contributed by atoms with E-state index in [0.29, 0.717) is 17.8 Å². The second kappa shape index (κ2) is 7.06. The summed E-state index contributed by atoms with van der Waals surface area (Å²) in [5, 5.41) is 9.98. The van der Waals surface area contributed by atoms with Crippen LogP contribution in [-0.4, -0.2) is 35.9 Å². The van der Waals surface area contributed by atoms with Crippen molar-refractivity contribution in [2.45, 2.75) is 96.4 Å². The number of fused-ring (bicyclic) bond motifs is 6. The lowest BCUT2D eigenvalue weighted by atomic mass is 9.47. The van der Waals surface area contributed by atoms with Crippen LogP contribution in [0.3, 0.4) is 0 Å². The van der Waals surface area contributed by atoms with Crippen LogP contribution >= 0.6 is 0 Å². The van der Waals surface area contributed by atoms with Crippen molar-refractivity contribution in [3.8, 4) is 6.07 Å². The quantitative estimate of drug-likeness (QED) is 0.365. The SMILES string of the molecule is CCOC(=O)[C@]1(C#N)O[C@@]12CC[C@H]1[C@H]3CC=C4C[C@H](OC(C)=O)CC[C@]4(C)[C@@H]3CC[C@@]12C. The van der Waals surface area contributed by atoms with E-state index in [0.717, 1.165) is 51.4 Å². The van der Waals surface area contributed by atoms with E-state index in [-0.39, 0.29) is 29.5 Å². The molecule has 1 saturated heterocycles. The van der Waals surface area contributed by atoms with Gasteiger partial charge in [0.05, 0.1) is 6.61 Å². The van der Waals surface area contributed by atoms with Crippen molar-refractivity contribution in [1.82, 2.24) is 0 Å². The van der Waals surface area contributed by atoms with Gasteiger partial charge in [0.2, 0.25) is 0 Å². The first kappa shape index (κ1) is 21.9. The molecule has 1 spiro atoms. The minimum atomic E-state index is -1.43. The summed E-state index contributed by atoms with van der Waals surface area (Å²) in [5.41, 5.74) is -0.703. The predicted octanol–water partition coefficient (Wildman–Crippen LogP) is 4.48. The Labute approximate surface area is 190 Å². The van der Waals surface area contributed by atoms with Crippen LogP contribution in [0.4, 0.5) is 0 Å². The largest absolute Gasteiger partial charge is 0.463 e. The molecule has 0 unspecified atom stereocenters. The molecule has 3 saturated carbocycles. The fraction of sp³-hybridized carbons (Fsp3) is 0.808. The average Bonchev–Trinajstić information content (AvgIpc) is 3.34. The molecule has 1 aliphatic heterocycles. The zero-order valence-electron chi connectivity index (χ0n) is 19.7. The fourth-order valence-electron chi connectivity index (χ4n) is 8.54. The van der Waals surface area contributed by atoms with Crippen LogP contribution < -0.4 is 0 Å². The molecule has 0 aromatic heterocycles. The van der Waals surface area contributed by atoms with E-state index in [1.165, 1.54) is 12.5 Å². The highest BCUT2D eigenvalue weighted by molar-refractivity contribution is 5.89. The van der Waals surface area contributed by atoms with E-state index in [9.17, 15) is 14.9 Å². The number of carbonyl (C=O) groups is 2. The molecule has 0 aromatic carbocycles. The molecule has 32 heavy (non-hydrogen) atoms. The van der Waals surface area contributed by atoms with E-state index in [1.54, 1.807) is 6.92 Å². The van der Waals surface area contributed by atoms with Gasteiger partial charge in [-0.25, -0.2) is 4.79 Å². The van der Waals surface area contributed by atoms with Gasteiger partial charge in [0.25, 0.3) is 5.60 Å². The molecule has 4 aliphatic carbocycles. The van der Waals surface area contributed by atoms with E-state index in [4.69, 9.17) is 14.2 Å². The Bertz CT molecular complexity index is 922. The topological polar surface area (TPSA) is 88.9 Å². The molecule has 174 valence electrons.